The van der Waals surface area contributed by atoms with Gasteiger partial charge in [0.15, 0.2) is 0 Å². The highest BCUT2D eigenvalue weighted by molar-refractivity contribution is 6.67. The Kier molecular flexibility index (Phi) is 12.0. The Labute approximate surface area is 204 Å². The normalized spacial score (nSPS) is 19.0. The van der Waals surface area contributed by atoms with Crippen molar-refractivity contribution in [1.29, 1.82) is 0 Å². The highest BCUT2D eigenvalue weighted by Gasteiger charge is 2.34. The number of carbonyl (C=O) groups excluding carboxylic acids is 4. The van der Waals surface area contributed by atoms with Crippen LogP contribution in [0.3, 0.4) is 0 Å². The Morgan fingerprint density at radius 2 is 1.88 bits per heavy atom. The highest BCUT2D eigenvalue weighted by atomic mass is 35.6. The number of rotatable bonds is 10. The van der Waals surface area contributed by atoms with Gasteiger partial charge < -0.3 is 10.1 Å². The number of hydrogen-bond acceptors (Lipinski definition) is 6. The minimum atomic E-state index is -1.72. The monoisotopic (exact) mass is 511 g/mol. The van der Waals surface area contributed by atoms with Gasteiger partial charge in [-0.15, -0.1) is 0 Å². The summed E-state index contributed by atoms with van der Waals surface area (Å²) in [6.07, 6.45) is 4.92. The molecule has 0 aliphatic carbocycles. The highest BCUT2D eigenvalue weighted by Crippen LogP contribution is 2.26. The summed E-state index contributed by atoms with van der Waals surface area (Å²) in [5.74, 6) is -2.04. The van der Waals surface area contributed by atoms with E-state index >= 15 is 0 Å². The number of Topliss-reactive ketones (excluding diaryl/α,β-unsaturated/α-hetero) is 1. The van der Waals surface area contributed by atoms with Gasteiger partial charge in [-0.05, 0) is 32.6 Å². The molecule has 0 unspecified atom stereocenters. The van der Waals surface area contributed by atoms with Crippen molar-refractivity contribution in [2.45, 2.75) is 69.3 Å². The average molecular weight is 513 g/mol. The summed E-state index contributed by atoms with van der Waals surface area (Å²) in [5, 5.41) is 3.99. The molecule has 2 N–H and O–H groups in total. The van der Waals surface area contributed by atoms with Crippen molar-refractivity contribution >= 4 is 58.4 Å². The van der Waals surface area contributed by atoms with Crippen LogP contribution in [0.5, 0.6) is 0 Å². The second-order valence-electron chi connectivity index (χ2n) is 8.13. The molecule has 1 aliphatic heterocycles. The molecular weight excluding hydrogens is 481 g/mol. The summed E-state index contributed by atoms with van der Waals surface area (Å²) >= 11 is 16.8. The predicted molar refractivity (Wildman–Crippen MR) is 124 cm³/mol. The summed E-state index contributed by atoms with van der Waals surface area (Å²) in [6, 6.07) is -1.62. The van der Waals surface area contributed by atoms with E-state index in [1.54, 1.807) is 19.1 Å². The quantitative estimate of drug-likeness (QED) is 0.265. The zero-order valence-electron chi connectivity index (χ0n) is 18.8. The molecule has 1 heterocycles. The number of allylic oxidation sites excluding steroid dienone is 2. The fourth-order valence-electron chi connectivity index (χ4n) is 3.19. The van der Waals surface area contributed by atoms with Crippen LogP contribution in [0.1, 0.15) is 53.4 Å². The maximum absolute atomic E-state index is 12.8. The van der Waals surface area contributed by atoms with Gasteiger partial charge in [0.05, 0.1) is 0 Å². The van der Waals surface area contributed by atoms with Gasteiger partial charge in [0.1, 0.15) is 24.5 Å². The smallest absolute Gasteiger partial charge is 0.325 e. The number of esters is 1. The predicted octanol–water partition coefficient (Wildman–Crippen LogP) is 3.10. The molecule has 182 valence electrons. The van der Waals surface area contributed by atoms with Crippen LogP contribution in [0.25, 0.3) is 0 Å². The molecule has 1 fully saturated rings. The van der Waals surface area contributed by atoms with Crippen LogP contribution in [0.4, 0.5) is 0 Å². The molecule has 1 saturated heterocycles. The summed E-state index contributed by atoms with van der Waals surface area (Å²) in [6.45, 7) is 7.07. The number of ether oxygens (including phenoxy) is 1. The number of hydrogen-bond donors (Lipinski definition) is 2. The van der Waals surface area contributed by atoms with Gasteiger partial charge in [-0.3, -0.25) is 24.2 Å². The van der Waals surface area contributed by atoms with E-state index in [1.165, 1.54) is 5.01 Å². The summed E-state index contributed by atoms with van der Waals surface area (Å²) in [4.78, 5) is 49.9. The van der Waals surface area contributed by atoms with Gasteiger partial charge in [0, 0.05) is 25.3 Å². The van der Waals surface area contributed by atoms with Crippen LogP contribution in [-0.2, 0) is 23.9 Å². The Morgan fingerprint density at radius 1 is 1.22 bits per heavy atom. The number of ketones is 1. The molecule has 8 nitrogen and oxygen atoms in total. The number of halogens is 3. The first-order valence-electron chi connectivity index (χ1n) is 10.6. The van der Waals surface area contributed by atoms with E-state index in [1.807, 2.05) is 20.8 Å². The van der Waals surface area contributed by atoms with Crippen molar-refractivity contribution < 1.29 is 23.9 Å². The standard InChI is InChI=1S/C21H32Cl3N3O5/c1-5-6-8-15(28)11-16(13(2)3)18(29)25-14(4)19(30)27-10-7-9-17(26-27)20(31)32-12-21(22,23)24/h5-6,13-14,16-17,26H,7-12H2,1-4H3,(H,25,29)/b6-5+/t14-,16-,17-/m0/s1. The molecule has 2 amide bonds. The van der Waals surface area contributed by atoms with Crippen LogP contribution in [0.15, 0.2) is 12.2 Å². The van der Waals surface area contributed by atoms with Crippen LogP contribution in [0, 0.1) is 11.8 Å². The minimum Gasteiger partial charge on any atom is -0.460 e. The lowest BCUT2D eigenvalue weighted by atomic mass is 9.89. The van der Waals surface area contributed by atoms with Gasteiger partial charge in [-0.2, -0.15) is 0 Å². The third-order valence-corrected chi connectivity index (χ3v) is 5.34. The number of nitrogens with one attached hydrogen (secondary N) is 2. The molecule has 0 spiro atoms. The van der Waals surface area contributed by atoms with E-state index in [0.717, 1.165) is 0 Å². The van der Waals surface area contributed by atoms with Crippen LogP contribution in [0.2, 0.25) is 0 Å². The zero-order valence-corrected chi connectivity index (χ0v) is 21.1. The summed E-state index contributed by atoms with van der Waals surface area (Å²) < 4.78 is 3.26. The average Bonchev–Trinajstić information content (AvgIpc) is 2.72. The third kappa shape index (κ3) is 10.1. The number of nitrogens with zero attached hydrogens (tertiary/aromatic N) is 1. The Bertz CT molecular complexity index is 709. The second kappa shape index (κ2) is 13.4. The lowest BCUT2D eigenvalue weighted by Crippen LogP contribution is -2.59. The van der Waals surface area contributed by atoms with E-state index in [2.05, 4.69) is 10.7 Å². The molecule has 0 saturated carbocycles. The fraction of sp³-hybridized carbons (Fsp3) is 0.714. The van der Waals surface area contributed by atoms with Crippen LogP contribution >= 0.6 is 34.8 Å². The number of alkyl halides is 3. The Balaban J connectivity index is 2.67. The van der Waals surface area contributed by atoms with E-state index in [0.29, 0.717) is 19.4 Å². The van der Waals surface area contributed by atoms with Crippen molar-refractivity contribution in [3.63, 3.8) is 0 Å². The minimum absolute atomic E-state index is 0.0372. The first kappa shape index (κ1) is 28.7. The van der Waals surface area contributed by atoms with Crippen molar-refractivity contribution in [3.05, 3.63) is 12.2 Å². The number of amides is 2. The fourth-order valence-corrected chi connectivity index (χ4v) is 3.36. The molecule has 11 heteroatoms. The Morgan fingerprint density at radius 3 is 2.44 bits per heavy atom. The third-order valence-electron chi connectivity index (χ3n) is 5.01. The molecule has 0 bridgehead atoms. The first-order valence-corrected chi connectivity index (χ1v) is 11.7. The van der Waals surface area contributed by atoms with Gasteiger partial charge in [-0.1, -0.05) is 60.8 Å². The van der Waals surface area contributed by atoms with Gasteiger partial charge >= 0.3 is 5.97 Å². The van der Waals surface area contributed by atoms with Crippen molar-refractivity contribution in [2.24, 2.45) is 11.8 Å². The van der Waals surface area contributed by atoms with E-state index < -0.39 is 40.3 Å². The van der Waals surface area contributed by atoms with E-state index in [4.69, 9.17) is 39.5 Å². The SMILES string of the molecule is C/C=C/CC(=O)C[C@H](C(=O)N[C@@H](C)C(=O)N1CCC[C@@H](C(=O)OCC(Cl)(Cl)Cl)N1)C(C)C. The molecule has 3 atom stereocenters. The molecule has 0 aromatic heterocycles. The van der Waals surface area contributed by atoms with Crippen molar-refractivity contribution in [3.8, 4) is 0 Å². The summed E-state index contributed by atoms with van der Waals surface area (Å²) in [5.41, 5.74) is 2.82. The number of hydrazine groups is 1. The molecule has 0 radical (unpaired) electrons. The van der Waals surface area contributed by atoms with Crippen molar-refractivity contribution in [1.82, 2.24) is 15.8 Å². The molecule has 1 aliphatic rings. The van der Waals surface area contributed by atoms with E-state index in [-0.39, 0.29) is 30.4 Å². The maximum atomic E-state index is 12.8. The molecule has 32 heavy (non-hydrogen) atoms. The van der Waals surface area contributed by atoms with Crippen LogP contribution in [-0.4, -0.2) is 57.6 Å². The van der Waals surface area contributed by atoms with Crippen molar-refractivity contribution in [2.75, 3.05) is 13.2 Å². The molecule has 0 aromatic rings. The number of carbonyl (C=O) groups is 4. The van der Waals surface area contributed by atoms with E-state index in [9.17, 15) is 19.2 Å². The molecule has 1 rings (SSSR count). The first-order chi connectivity index (χ1) is 14.9. The lowest BCUT2D eigenvalue weighted by Gasteiger charge is -2.34. The van der Waals surface area contributed by atoms with Gasteiger partial charge in [0.2, 0.25) is 9.70 Å². The zero-order chi connectivity index (χ0) is 24.5. The van der Waals surface area contributed by atoms with Crippen LogP contribution < -0.4 is 10.7 Å². The topological polar surface area (TPSA) is 105 Å². The van der Waals surface area contributed by atoms with Gasteiger partial charge in [0.25, 0.3) is 5.91 Å². The largest absolute Gasteiger partial charge is 0.460 e. The van der Waals surface area contributed by atoms with Gasteiger partial charge in [-0.25, -0.2) is 5.43 Å². The molecule has 0 aromatic carbocycles. The summed E-state index contributed by atoms with van der Waals surface area (Å²) in [7, 11) is 0. The maximum Gasteiger partial charge on any atom is 0.325 e. The molecular formula is C21H32Cl3N3O5. The lowest BCUT2D eigenvalue weighted by molar-refractivity contribution is -0.153. The Hall–Kier alpha value is -1.35. The second-order valence-corrected chi connectivity index (χ2v) is 10.6.